The lowest BCUT2D eigenvalue weighted by molar-refractivity contribution is -0.119. The van der Waals surface area contributed by atoms with Gasteiger partial charge in [0.05, 0.1) is 33.2 Å². The van der Waals surface area contributed by atoms with Gasteiger partial charge in [-0.1, -0.05) is 29.3 Å². The fraction of sp³-hybridized carbons (Fsp3) is 0.333. The molecule has 172 valence electrons. The average Bonchev–Trinajstić information content (AvgIpc) is 2.75. The van der Waals surface area contributed by atoms with Crippen LogP contribution >= 0.6 is 23.2 Å². The van der Waals surface area contributed by atoms with Crippen molar-refractivity contribution in [2.45, 2.75) is 17.5 Å². The van der Waals surface area contributed by atoms with E-state index in [-0.39, 0.29) is 23.1 Å². The summed E-state index contributed by atoms with van der Waals surface area (Å²) in [6, 6.07) is 10.2. The molecule has 0 radical (unpaired) electrons. The standard InChI is InChI=1S/C21H22Cl2N2O6S/c22-18-6-1-14(9-19(18)23)11-25-7-8-31-16(12-25)10-24-20(26)13-32(29,30)17-4-2-15(3-5-17)21(27)28/h1-6,9,16H,7-8,10-13H2,(H,24,26)(H,27,28)/t16-/m0/s1. The van der Waals surface area contributed by atoms with E-state index in [0.717, 1.165) is 5.56 Å². The number of carboxylic acids is 1. The van der Waals surface area contributed by atoms with Crippen LogP contribution in [-0.2, 0) is 25.9 Å². The van der Waals surface area contributed by atoms with E-state index >= 15 is 0 Å². The summed E-state index contributed by atoms with van der Waals surface area (Å²) in [6.45, 7) is 2.57. The molecule has 0 aromatic heterocycles. The minimum atomic E-state index is -3.89. The minimum absolute atomic E-state index is 0.0340. The topological polar surface area (TPSA) is 113 Å². The predicted molar refractivity (Wildman–Crippen MR) is 120 cm³/mol. The van der Waals surface area contributed by atoms with Crippen LogP contribution in [0.5, 0.6) is 0 Å². The number of carbonyl (C=O) groups excluding carboxylic acids is 1. The molecule has 0 unspecified atom stereocenters. The first-order valence-electron chi connectivity index (χ1n) is 9.75. The fourth-order valence-electron chi connectivity index (χ4n) is 3.28. The van der Waals surface area contributed by atoms with Crippen LogP contribution in [0.4, 0.5) is 0 Å². The Hall–Kier alpha value is -2.17. The Bertz CT molecular complexity index is 1090. The Labute approximate surface area is 196 Å². The van der Waals surface area contributed by atoms with Crippen LogP contribution in [0.2, 0.25) is 10.0 Å². The van der Waals surface area contributed by atoms with E-state index in [1.165, 1.54) is 24.3 Å². The lowest BCUT2D eigenvalue weighted by atomic mass is 10.2. The number of benzene rings is 2. The van der Waals surface area contributed by atoms with Crippen molar-refractivity contribution in [3.63, 3.8) is 0 Å². The number of sulfone groups is 1. The summed E-state index contributed by atoms with van der Waals surface area (Å²) in [5.74, 6) is -2.55. The molecule has 32 heavy (non-hydrogen) atoms. The lowest BCUT2D eigenvalue weighted by Gasteiger charge is -2.33. The van der Waals surface area contributed by atoms with Gasteiger partial charge >= 0.3 is 5.97 Å². The van der Waals surface area contributed by atoms with Crippen molar-refractivity contribution in [1.29, 1.82) is 0 Å². The maximum absolute atomic E-state index is 12.4. The number of hydrogen-bond acceptors (Lipinski definition) is 6. The second-order valence-corrected chi connectivity index (χ2v) is 10.2. The van der Waals surface area contributed by atoms with Crippen molar-refractivity contribution in [2.24, 2.45) is 0 Å². The Morgan fingerprint density at radius 1 is 1.12 bits per heavy atom. The third-order valence-electron chi connectivity index (χ3n) is 4.92. The number of amides is 1. The van der Waals surface area contributed by atoms with E-state index < -0.39 is 27.5 Å². The van der Waals surface area contributed by atoms with Gasteiger partial charge in [0.1, 0.15) is 5.75 Å². The lowest BCUT2D eigenvalue weighted by Crippen LogP contribution is -2.47. The van der Waals surface area contributed by atoms with Crippen molar-refractivity contribution in [1.82, 2.24) is 10.2 Å². The molecular formula is C21H22Cl2N2O6S. The van der Waals surface area contributed by atoms with Crippen molar-refractivity contribution in [2.75, 3.05) is 32.0 Å². The van der Waals surface area contributed by atoms with Crippen molar-refractivity contribution in [3.05, 3.63) is 63.6 Å². The van der Waals surface area contributed by atoms with E-state index in [1.54, 1.807) is 6.07 Å². The Morgan fingerprint density at radius 3 is 2.50 bits per heavy atom. The summed E-state index contributed by atoms with van der Waals surface area (Å²) in [5, 5.41) is 12.5. The first-order valence-corrected chi connectivity index (χ1v) is 12.2. The summed E-state index contributed by atoms with van der Waals surface area (Å²) in [6.07, 6.45) is -0.284. The molecule has 1 atom stereocenters. The molecule has 0 bridgehead atoms. The smallest absolute Gasteiger partial charge is 0.335 e. The van der Waals surface area contributed by atoms with Crippen LogP contribution < -0.4 is 5.32 Å². The molecule has 2 aromatic rings. The number of nitrogens with one attached hydrogen (secondary N) is 1. The molecule has 8 nitrogen and oxygen atoms in total. The zero-order valence-electron chi connectivity index (χ0n) is 17.0. The maximum atomic E-state index is 12.4. The molecule has 0 saturated carbocycles. The van der Waals surface area contributed by atoms with Gasteiger partial charge in [0.2, 0.25) is 5.91 Å². The highest BCUT2D eigenvalue weighted by Crippen LogP contribution is 2.23. The maximum Gasteiger partial charge on any atom is 0.335 e. The number of carboxylic acid groups (broad SMARTS) is 1. The van der Waals surface area contributed by atoms with Gasteiger partial charge in [-0.05, 0) is 42.0 Å². The van der Waals surface area contributed by atoms with E-state index in [0.29, 0.717) is 36.3 Å². The van der Waals surface area contributed by atoms with E-state index in [4.69, 9.17) is 33.0 Å². The molecule has 2 aromatic carbocycles. The van der Waals surface area contributed by atoms with Gasteiger partial charge in [-0.25, -0.2) is 13.2 Å². The van der Waals surface area contributed by atoms with Crippen LogP contribution in [-0.4, -0.2) is 68.4 Å². The first kappa shape index (κ1) is 24.5. The quantitative estimate of drug-likeness (QED) is 0.572. The van der Waals surface area contributed by atoms with Gasteiger partial charge in [0, 0.05) is 26.2 Å². The van der Waals surface area contributed by atoms with E-state index in [1.807, 2.05) is 12.1 Å². The molecule has 1 heterocycles. The Morgan fingerprint density at radius 2 is 1.84 bits per heavy atom. The third-order valence-corrected chi connectivity index (χ3v) is 7.29. The first-order chi connectivity index (χ1) is 15.1. The molecule has 1 fully saturated rings. The number of morpholine rings is 1. The van der Waals surface area contributed by atoms with Gasteiger partial charge in [-0.15, -0.1) is 0 Å². The minimum Gasteiger partial charge on any atom is -0.478 e. The summed E-state index contributed by atoms with van der Waals surface area (Å²) < 4.78 is 30.5. The SMILES string of the molecule is O=C(CS(=O)(=O)c1ccc(C(=O)O)cc1)NC[C@H]1CN(Cc2ccc(Cl)c(Cl)c2)CCO1. The van der Waals surface area contributed by atoms with Gasteiger partial charge in [-0.2, -0.15) is 0 Å². The van der Waals surface area contributed by atoms with Gasteiger partial charge in [0.15, 0.2) is 9.84 Å². The zero-order chi connectivity index (χ0) is 23.3. The van der Waals surface area contributed by atoms with E-state index in [2.05, 4.69) is 10.2 Å². The molecule has 2 N–H and O–H groups in total. The van der Waals surface area contributed by atoms with Gasteiger partial charge in [0.25, 0.3) is 0 Å². The molecule has 1 amide bonds. The normalized spacial score (nSPS) is 17.1. The highest BCUT2D eigenvalue weighted by Gasteiger charge is 2.24. The van der Waals surface area contributed by atoms with Crippen LogP contribution in [0.3, 0.4) is 0 Å². The number of ether oxygens (including phenoxy) is 1. The van der Waals surface area contributed by atoms with Crippen LogP contribution in [0.25, 0.3) is 0 Å². The second-order valence-electron chi connectivity index (χ2n) is 7.37. The van der Waals surface area contributed by atoms with Crippen LogP contribution in [0, 0.1) is 0 Å². The average molecular weight is 501 g/mol. The molecule has 1 saturated heterocycles. The van der Waals surface area contributed by atoms with Crippen LogP contribution in [0.1, 0.15) is 15.9 Å². The number of hydrogen-bond donors (Lipinski definition) is 2. The number of halogens is 2. The highest BCUT2D eigenvalue weighted by atomic mass is 35.5. The van der Waals surface area contributed by atoms with Crippen LogP contribution in [0.15, 0.2) is 47.4 Å². The molecule has 11 heteroatoms. The summed E-state index contributed by atoms with van der Waals surface area (Å²) in [4.78, 5) is 25.1. The number of carbonyl (C=O) groups is 2. The number of aromatic carboxylic acids is 1. The summed E-state index contributed by atoms with van der Waals surface area (Å²) >= 11 is 12.0. The zero-order valence-corrected chi connectivity index (χ0v) is 19.3. The molecule has 0 aliphatic carbocycles. The third kappa shape index (κ3) is 6.66. The predicted octanol–water partition coefficient (Wildman–Crippen LogP) is 2.48. The number of nitrogens with zero attached hydrogens (tertiary/aromatic N) is 1. The van der Waals surface area contributed by atoms with Gasteiger partial charge in [-0.3, -0.25) is 9.69 Å². The largest absolute Gasteiger partial charge is 0.478 e. The monoisotopic (exact) mass is 500 g/mol. The molecule has 1 aliphatic rings. The summed E-state index contributed by atoms with van der Waals surface area (Å²) in [7, 11) is -3.89. The highest BCUT2D eigenvalue weighted by molar-refractivity contribution is 7.92. The second kappa shape index (κ2) is 10.6. The summed E-state index contributed by atoms with van der Waals surface area (Å²) in [5.41, 5.74) is 0.970. The van der Waals surface area contributed by atoms with Gasteiger partial charge < -0.3 is 15.2 Å². The molecule has 3 rings (SSSR count). The van der Waals surface area contributed by atoms with Crippen molar-refractivity contribution in [3.8, 4) is 0 Å². The number of rotatable bonds is 8. The van der Waals surface area contributed by atoms with E-state index in [9.17, 15) is 18.0 Å². The molecular weight excluding hydrogens is 479 g/mol. The Balaban J connectivity index is 1.50. The van der Waals surface area contributed by atoms with Crippen molar-refractivity contribution >= 4 is 44.9 Å². The van der Waals surface area contributed by atoms with Crippen molar-refractivity contribution < 1.29 is 27.9 Å². The fourth-order valence-corrected chi connectivity index (χ4v) is 4.77. The molecule has 0 spiro atoms. The molecule has 1 aliphatic heterocycles. The Kier molecular flexibility index (Phi) is 8.13.